The van der Waals surface area contributed by atoms with Crippen LogP contribution in [0.15, 0.2) is 67.2 Å². The quantitative estimate of drug-likeness (QED) is 0.450. The van der Waals surface area contributed by atoms with Gasteiger partial charge in [0.15, 0.2) is 0 Å². The second kappa shape index (κ2) is 8.12. The van der Waals surface area contributed by atoms with Crippen molar-refractivity contribution < 1.29 is 9.59 Å². The highest BCUT2D eigenvalue weighted by Crippen LogP contribution is 2.25. The van der Waals surface area contributed by atoms with Gasteiger partial charge in [0, 0.05) is 5.02 Å². The van der Waals surface area contributed by atoms with Gasteiger partial charge in [-0.2, -0.15) is 0 Å². The van der Waals surface area contributed by atoms with Gasteiger partial charge in [-0.05, 0) is 40.6 Å². The van der Waals surface area contributed by atoms with Crippen molar-refractivity contribution >= 4 is 57.2 Å². The molecule has 0 bridgehead atoms. The number of hydrogen-bond acceptors (Lipinski definition) is 3. The highest BCUT2D eigenvalue weighted by molar-refractivity contribution is 6.42. The Morgan fingerprint density at radius 2 is 1.56 bits per heavy atom. The summed E-state index contributed by atoms with van der Waals surface area (Å²) in [4.78, 5) is 24.0. The SMILES string of the molecule is C=C(NNC(=O)C(=O)Nc1cc(Cl)ccc1Cl)c1ccc2ccccc2c1. The Balaban J connectivity index is 1.61. The Kier molecular flexibility index (Phi) is 5.64. The zero-order valence-electron chi connectivity index (χ0n) is 14.1. The first-order chi connectivity index (χ1) is 12.9. The van der Waals surface area contributed by atoms with Crippen molar-refractivity contribution in [2.24, 2.45) is 0 Å². The van der Waals surface area contributed by atoms with Crippen LogP contribution in [0.3, 0.4) is 0 Å². The van der Waals surface area contributed by atoms with E-state index in [1.165, 1.54) is 12.1 Å². The highest BCUT2D eigenvalue weighted by Gasteiger charge is 2.15. The lowest BCUT2D eigenvalue weighted by atomic mass is 10.1. The predicted octanol–water partition coefficient (Wildman–Crippen LogP) is 4.38. The molecule has 0 aliphatic rings. The number of fused-ring (bicyclic) bond motifs is 1. The van der Waals surface area contributed by atoms with Crippen molar-refractivity contribution in [3.8, 4) is 0 Å². The fourth-order valence-electron chi connectivity index (χ4n) is 2.41. The second-order valence-corrected chi connectivity index (χ2v) is 6.54. The van der Waals surface area contributed by atoms with Gasteiger partial charge in [0.1, 0.15) is 0 Å². The van der Waals surface area contributed by atoms with Crippen LogP contribution in [-0.2, 0) is 9.59 Å². The first-order valence-electron chi connectivity index (χ1n) is 7.94. The average molecular weight is 400 g/mol. The molecule has 0 atom stereocenters. The molecular formula is C20H15Cl2N3O2. The molecule has 3 N–H and O–H groups in total. The molecule has 5 nitrogen and oxygen atoms in total. The van der Waals surface area contributed by atoms with Crippen molar-refractivity contribution in [3.63, 3.8) is 0 Å². The minimum absolute atomic E-state index is 0.248. The number of hydrogen-bond donors (Lipinski definition) is 3. The van der Waals surface area contributed by atoms with Gasteiger partial charge >= 0.3 is 11.8 Å². The maximum Gasteiger partial charge on any atom is 0.327 e. The monoisotopic (exact) mass is 399 g/mol. The number of benzene rings is 3. The Hall–Kier alpha value is -3.02. The number of carbonyl (C=O) groups is 2. The van der Waals surface area contributed by atoms with Gasteiger partial charge in [0.05, 0.1) is 16.4 Å². The van der Waals surface area contributed by atoms with Crippen molar-refractivity contribution in [1.29, 1.82) is 0 Å². The van der Waals surface area contributed by atoms with E-state index in [1.807, 2.05) is 42.5 Å². The van der Waals surface area contributed by atoms with E-state index >= 15 is 0 Å². The number of halogens is 2. The fourth-order valence-corrected chi connectivity index (χ4v) is 2.75. The first-order valence-corrected chi connectivity index (χ1v) is 8.70. The topological polar surface area (TPSA) is 70.2 Å². The third kappa shape index (κ3) is 4.58. The lowest BCUT2D eigenvalue weighted by Gasteiger charge is -2.12. The maximum absolute atomic E-state index is 12.0. The van der Waals surface area contributed by atoms with E-state index < -0.39 is 11.8 Å². The van der Waals surface area contributed by atoms with Crippen LogP contribution in [0.2, 0.25) is 10.0 Å². The van der Waals surface area contributed by atoms with Crippen molar-refractivity contribution in [1.82, 2.24) is 10.9 Å². The van der Waals surface area contributed by atoms with E-state index in [1.54, 1.807) is 6.07 Å². The molecule has 3 aromatic rings. The number of carbonyl (C=O) groups excluding carboxylic acids is 2. The predicted molar refractivity (Wildman–Crippen MR) is 109 cm³/mol. The summed E-state index contributed by atoms with van der Waals surface area (Å²) in [5, 5.41) is 5.19. The molecule has 3 aromatic carbocycles. The van der Waals surface area contributed by atoms with Crippen molar-refractivity contribution in [2.75, 3.05) is 5.32 Å². The normalized spacial score (nSPS) is 10.3. The smallest absolute Gasteiger partial charge is 0.316 e. The van der Waals surface area contributed by atoms with E-state index in [4.69, 9.17) is 23.2 Å². The Morgan fingerprint density at radius 3 is 2.33 bits per heavy atom. The molecule has 3 rings (SSSR count). The fraction of sp³-hybridized carbons (Fsp3) is 0. The summed E-state index contributed by atoms with van der Waals surface area (Å²) in [7, 11) is 0. The van der Waals surface area contributed by atoms with Gasteiger partial charge in [-0.3, -0.25) is 20.4 Å². The van der Waals surface area contributed by atoms with Gasteiger partial charge in [-0.25, -0.2) is 0 Å². The number of rotatable bonds is 4. The maximum atomic E-state index is 12.0. The molecule has 0 unspecified atom stereocenters. The first kappa shape index (κ1) is 18.8. The van der Waals surface area contributed by atoms with Crippen LogP contribution in [0.1, 0.15) is 5.56 Å². The van der Waals surface area contributed by atoms with E-state index in [9.17, 15) is 9.59 Å². The molecule has 7 heteroatoms. The number of anilines is 1. The summed E-state index contributed by atoms with van der Waals surface area (Å²) in [6.07, 6.45) is 0. The minimum atomic E-state index is -0.895. The average Bonchev–Trinajstić information content (AvgIpc) is 2.68. The lowest BCUT2D eigenvalue weighted by molar-refractivity contribution is -0.136. The Labute approximate surface area is 165 Å². The van der Waals surface area contributed by atoms with Gasteiger partial charge in [0.25, 0.3) is 0 Å². The molecule has 0 saturated heterocycles. The number of nitrogens with one attached hydrogen (secondary N) is 3. The van der Waals surface area contributed by atoms with Crippen molar-refractivity contribution in [2.45, 2.75) is 0 Å². The van der Waals surface area contributed by atoms with E-state index in [0.717, 1.165) is 16.3 Å². The minimum Gasteiger partial charge on any atom is -0.316 e. The van der Waals surface area contributed by atoms with Crippen LogP contribution in [-0.4, -0.2) is 11.8 Å². The van der Waals surface area contributed by atoms with Crippen LogP contribution in [0.5, 0.6) is 0 Å². The van der Waals surface area contributed by atoms with Crippen LogP contribution >= 0.6 is 23.2 Å². The summed E-state index contributed by atoms with van der Waals surface area (Å²) >= 11 is 11.8. The second-order valence-electron chi connectivity index (χ2n) is 5.70. The molecule has 2 amide bonds. The Morgan fingerprint density at radius 1 is 0.815 bits per heavy atom. The molecule has 0 aliphatic carbocycles. The van der Waals surface area contributed by atoms with E-state index in [0.29, 0.717) is 10.7 Å². The summed E-state index contributed by atoms with van der Waals surface area (Å²) in [5.74, 6) is -1.79. The van der Waals surface area contributed by atoms with E-state index in [-0.39, 0.29) is 10.7 Å². The van der Waals surface area contributed by atoms with Crippen LogP contribution in [0, 0.1) is 0 Å². The molecular weight excluding hydrogens is 385 g/mol. The summed E-state index contributed by atoms with van der Waals surface area (Å²) in [5.41, 5.74) is 6.43. The number of amides is 2. The van der Waals surface area contributed by atoms with Crippen LogP contribution < -0.4 is 16.2 Å². The van der Waals surface area contributed by atoms with Crippen LogP contribution in [0.25, 0.3) is 16.5 Å². The zero-order chi connectivity index (χ0) is 19.4. The molecule has 0 aromatic heterocycles. The third-order valence-corrected chi connectivity index (χ3v) is 4.37. The summed E-state index contributed by atoms with van der Waals surface area (Å²) in [6, 6.07) is 18.2. The van der Waals surface area contributed by atoms with Gasteiger partial charge in [-0.15, -0.1) is 0 Å². The largest absolute Gasteiger partial charge is 0.327 e. The summed E-state index contributed by atoms with van der Waals surface area (Å²) < 4.78 is 0. The zero-order valence-corrected chi connectivity index (χ0v) is 15.6. The highest BCUT2D eigenvalue weighted by atomic mass is 35.5. The molecule has 136 valence electrons. The molecule has 0 fully saturated rings. The number of hydrazine groups is 1. The lowest BCUT2D eigenvalue weighted by Crippen LogP contribution is -2.42. The summed E-state index contributed by atoms with van der Waals surface area (Å²) in [6.45, 7) is 3.88. The third-order valence-electron chi connectivity index (χ3n) is 3.81. The molecule has 0 spiro atoms. The molecule has 0 saturated carbocycles. The molecule has 0 aliphatic heterocycles. The standard InChI is InChI=1S/C20H15Cl2N3O2/c1-12(14-7-6-13-4-2-3-5-15(13)10-14)24-25-20(27)19(26)23-18-11-16(21)8-9-17(18)22/h2-11,24H,1H2,(H,23,26)(H,25,27). The molecule has 0 heterocycles. The molecule has 27 heavy (non-hydrogen) atoms. The Bertz CT molecular complexity index is 1050. The van der Waals surface area contributed by atoms with Gasteiger partial charge in [-0.1, -0.05) is 66.2 Å². The van der Waals surface area contributed by atoms with E-state index in [2.05, 4.69) is 22.7 Å². The van der Waals surface area contributed by atoms with Crippen molar-refractivity contribution in [3.05, 3.63) is 82.9 Å². The van der Waals surface area contributed by atoms with Gasteiger partial charge < -0.3 is 5.32 Å². The van der Waals surface area contributed by atoms with Gasteiger partial charge in [0.2, 0.25) is 0 Å². The molecule has 0 radical (unpaired) electrons. The van der Waals surface area contributed by atoms with Crippen LogP contribution in [0.4, 0.5) is 5.69 Å².